The van der Waals surface area contributed by atoms with E-state index in [2.05, 4.69) is 4.98 Å². The van der Waals surface area contributed by atoms with Crippen LogP contribution in [0.2, 0.25) is 0 Å². The first-order valence-corrected chi connectivity index (χ1v) is 9.21. The Morgan fingerprint density at radius 1 is 1.33 bits per heavy atom. The van der Waals surface area contributed by atoms with E-state index in [1.807, 2.05) is 12.4 Å². The Morgan fingerprint density at radius 3 is 2.86 bits per heavy atom. The summed E-state index contributed by atoms with van der Waals surface area (Å²) in [5, 5.41) is 0. The summed E-state index contributed by atoms with van der Waals surface area (Å²) >= 11 is 1.64. The molecule has 0 aliphatic heterocycles. The van der Waals surface area contributed by atoms with Crippen molar-refractivity contribution >= 4 is 21.5 Å². The van der Waals surface area contributed by atoms with Crippen LogP contribution in [0.5, 0.6) is 0 Å². The van der Waals surface area contributed by atoms with Crippen LogP contribution in [0.3, 0.4) is 0 Å². The fourth-order valence-electron chi connectivity index (χ4n) is 2.47. The molecule has 1 atom stereocenters. The zero-order valence-corrected chi connectivity index (χ0v) is 13.4. The van der Waals surface area contributed by atoms with Crippen LogP contribution in [0.4, 0.5) is 0 Å². The molecule has 1 heterocycles. The highest BCUT2D eigenvalue weighted by atomic mass is 32.2. The molecule has 21 heavy (non-hydrogen) atoms. The lowest BCUT2D eigenvalue weighted by Gasteiger charge is -2.20. The quantitative estimate of drug-likeness (QED) is 0.812. The molecule has 2 aromatic rings. The van der Waals surface area contributed by atoms with Gasteiger partial charge in [0.1, 0.15) is 0 Å². The van der Waals surface area contributed by atoms with Crippen molar-refractivity contribution in [2.75, 3.05) is 6.61 Å². The van der Waals surface area contributed by atoms with Crippen molar-refractivity contribution in [2.24, 2.45) is 5.92 Å². The molecule has 0 N–H and O–H groups in total. The molecular weight excluding hydrogens is 306 g/mol. The van der Waals surface area contributed by atoms with Crippen molar-refractivity contribution in [1.29, 1.82) is 0 Å². The minimum absolute atomic E-state index is 0.224. The Bertz CT molecular complexity index is 720. The summed E-state index contributed by atoms with van der Waals surface area (Å²) in [5.74, 6) is 0.248. The zero-order valence-electron chi connectivity index (χ0n) is 11.8. The number of rotatable bonds is 4. The van der Waals surface area contributed by atoms with Gasteiger partial charge in [0.15, 0.2) is 0 Å². The van der Waals surface area contributed by atoms with Crippen molar-refractivity contribution in [3.05, 3.63) is 45.9 Å². The van der Waals surface area contributed by atoms with Crippen LogP contribution in [0.1, 0.15) is 22.6 Å². The third-order valence-electron chi connectivity index (χ3n) is 3.76. The van der Waals surface area contributed by atoms with E-state index in [0.29, 0.717) is 0 Å². The molecule has 0 fully saturated rings. The van der Waals surface area contributed by atoms with E-state index < -0.39 is 10.1 Å². The molecule has 4 nitrogen and oxygen atoms in total. The van der Waals surface area contributed by atoms with E-state index in [9.17, 15) is 8.42 Å². The van der Waals surface area contributed by atoms with Gasteiger partial charge in [-0.25, -0.2) is 4.98 Å². The number of aryl methyl sites for hydroxylation is 2. The topological polar surface area (TPSA) is 56.3 Å². The molecule has 0 saturated heterocycles. The average molecular weight is 323 g/mol. The first-order valence-electron chi connectivity index (χ1n) is 6.92. The zero-order chi connectivity index (χ0) is 14.9. The predicted molar refractivity (Wildman–Crippen MR) is 81.9 cm³/mol. The molecular formula is C15H17NO3S2. The van der Waals surface area contributed by atoms with Crippen LogP contribution >= 0.6 is 11.3 Å². The number of fused-ring (bicyclic) bond motifs is 1. The average Bonchev–Trinajstić information content (AvgIpc) is 2.93. The van der Waals surface area contributed by atoms with Gasteiger partial charge in [0.25, 0.3) is 10.1 Å². The maximum atomic E-state index is 12.1. The van der Waals surface area contributed by atoms with E-state index in [0.717, 1.165) is 30.5 Å². The molecule has 3 rings (SSSR count). The van der Waals surface area contributed by atoms with E-state index in [1.165, 1.54) is 4.88 Å². The van der Waals surface area contributed by atoms with Gasteiger partial charge in [-0.1, -0.05) is 17.7 Å². The van der Waals surface area contributed by atoms with Gasteiger partial charge in [-0.2, -0.15) is 8.42 Å². The summed E-state index contributed by atoms with van der Waals surface area (Å²) in [6.07, 6.45) is 2.71. The molecule has 0 saturated carbocycles. The molecule has 1 aromatic heterocycles. The Hall–Kier alpha value is -1.24. The van der Waals surface area contributed by atoms with Crippen LogP contribution in [-0.4, -0.2) is 20.0 Å². The van der Waals surface area contributed by atoms with E-state index >= 15 is 0 Å². The Labute approximate surface area is 128 Å². The molecule has 0 amide bonds. The monoisotopic (exact) mass is 323 g/mol. The normalized spacial score (nSPS) is 18.4. The van der Waals surface area contributed by atoms with E-state index in [-0.39, 0.29) is 17.4 Å². The largest absolute Gasteiger partial charge is 0.296 e. The number of thiazole rings is 1. The minimum Gasteiger partial charge on any atom is -0.266 e. The predicted octanol–water partition coefficient (Wildman–Crippen LogP) is 2.96. The summed E-state index contributed by atoms with van der Waals surface area (Å²) in [6, 6.07) is 6.74. The lowest BCUT2D eigenvalue weighted by atomic mass is 9.92. The Balaban J connectivity index is 1.64. The second kappa shape index (κ2) is 5.87. The highest BCUT2D eigenvalue weighted by molar-refractivity contribution is 7.86. The SMILES string of the molecule is Cc1ccc(S(=O)(=O)OCC2CCc3ncsc3C2)cc1. The first-order chi connectivity index (χ1) is 10.0. The van der Waals surface area contributed by atoms with Crippen LogP contribution in [0, 0.1) is 12.8 Å². The van der Waals surface area contributed by atoms with Gasteiger partial charge in [-0.3, -0.25) is 4.18 Å². The first kappa shape index (κ1) is 14.7. The number of nitrogens with zero attached hydrogens (tertiary/aromatic N) is 1. The minimum atomic E-state index is -3.65. The molecule has 1 unspecified atom stereocenters. The third-order valence-corrected chi connectivity index (χ3v) is 5.95. The lowest BCUT2D eigenvalue weighted by molar-refractivity contribution is 0.240. The lowest BCUT2D eigenvalue weighted by Crippen LogP contribution is -2.20. The van der Waals surface area contributed by atoms with Gasteiger partial charge >= 0.3 is 0 Å². The van der Waals surface area contributed by atoms with Crippen molar-refractivity contribution in [2.45, 2.75) is 31.1 Å². The van der Waals surface area contributed by atoms with Crippen molar-refractivity contribution < 1.29 is 12.6 Å². The van der Waals surface area contributed by atoms with Crippen LogP contribution in [-0.2, 0) is 27.1 Å². The summed E-state index contributed by atoms with van der Waals surface area (Å²) in [6.45, 7) is 2.17. The van der Waals surface area contributed by atoms with Crippen LogP contribution in [0.25, 0.3) is 0 Å². The van der Waals surface area contributed by atoms with Crippen LogP contribution < -0.4 is 0 Å². The fourth-order valence-corrected chi connectivity index (χ4v) is 4.38. The molecule has 1 aromatic carbocycles. The van der Waals surface area contributed by atoms with Gasteiger partial charge in [0.2, 0.25) is 0 Å². The number of hydrogen-bond donors (Lipinski definition) is 0. The molecule has 0 spiro atoms. The van der Waals surface area contributed by atoms with Crippen LogP contribution in [0.15, 0.2) is 34.7 Å². The maximum absolute atomic E-state index is 12.1. The number of hydrogen-bond acceptors (Lipinski definition) is 5. The molecule has 112 valence electrons. The summed E-state index contributed by atoms with van der Waals surface area (Å²) in [7, 11) is -3.65. The van der Waals surface area contributed by atoms with E-state index in [4.69, 9.17) is 4.18 Å². The van der Waals surface area contributed by atoms with Crippen molar-refractivity contribution in [3.63, 3.8) is 0 Å². The smallest absolute Gasteiger partial charge is 0.266 e. The van der Waals surface area contributed by atoms with Crippen molar-refractivity contribution in [1.82, 2.24) is 4.98 Å². The second-order valence-electron chi connectivity index (χ2n) is 5.38. The summed E-state index contributed by atoms with van der Waals surface area (Å²) < 4.78 is 29.5. The molecule has 6 heteroatoms. The van der Waals surface area contributed by atoms with Gasteiger partial charge in [0.05, 0.1) is 22.7 Å². The Morgan fingerprint density at radius 2 is 2.10 bits per heavy atom. The molecule has 0 bridgehead atoms. The van der Waals surface area contributed by atoms with Gasteiger partial charge in [-0.15, -0.1) is 11.3 Å². The molecule has 0 radical (unpaired) electrons. The highest BCUT2D eigenvalue weighted by Gasteiger charge is 2.24. The molecule has 1 aliphatic carbocycles. The standard InChI is InChI=1S/C15H17NO3S2/c1-11-2-5-13(6-3-11)21(17,18)19-9-12-4-7-14-15(8-12)20-10-16-14/h2-3,5-6,10,12H,4,7-9H2,1H3. The van der Waals surface area contributed by atoms with Gasteiger partial charge in [-0.05, 0) is 44.2 Å². The maximum Gasteiger partial charge on any atom is 0.296 e. The highest BCUT2D eigenvalue weighted by Crippen LogP contribution is 2.28. The van der Waals surface area contributed by atoms with Gasteiger partial charge < -0.3 is 0 Å². The van der Waals surface area contributed by atoms with E-state index in [1.54, 1.807) is 35.6 Å². The molecule has 1 aliphatic rings. The fraction of sp³-hybridized carbons (Fsp3) is 0.400. The number of benzene rings is 1. The second-order valence-corrected chi connectivity index (χ2v) is 7.94. The van der Waals surface area contributed by atoms with Crippen molar-refractivity contribution in [3.8, 4) is 0 Å². The Kier molecular flexibility index (Phi) is 4.10. The number of aromatic nitrogens is 1. The summed E-state index contributed by atoms with van der Waals surface area (Å²) in [4.78, 5) is 5.81. The summed E-state index contributed by atoms with van der Waals surface area (Å²) in [5.41, 5.74) is 4.05. The van der Waals surface area contributed by atoms with Gasteiger partial charge in [0, 0.05) is 4.88 Å². The third kappa shape index (κ3) is 3.33.